The second-order valence-electron chi connectivity index (χ2n) is 7.52. The molecule has 0 fully saturated rings. The lowest BCUT2D eigenvalue weighted by Crippen LogP contribution is -2.37. The largest absolute Gasteiger partial charge is 0.493 e. The van der Waals surface area contributed by atoms with Crippen LogP contribution in [0.25, 0.3) is 0 Å². The van der Waals surface area contributed by atoms with Crippen LogP contribution in [0.2, 0.25) is 0 Å². The SMILES string of the molecule is CCNC(=NCc1ccc(OC)c(OC)c1)NCCCc1nnc(SC)n1CC(C)C. The molecule has 0 saturated carbocycles. The standard InChI is InChI=1S/C22H36N6O2S/c1-7-23-21(25-14-17-10-11-18(29-4)19(13-17)30-5)24-12-8-9-20-26-27-22(31-6)28(20)15-16(2)3/h10-11,13,16H,7-9,12,14-15H2,1-6H3,(H2,23,24,25). The van der Waals surface area contributed by atoms with Crippen LogP contribution in [0.15, 0.2) is 28.3 Å². The topological polar surface area (TPSA) is 85.6 Å². The van der Waals surface area contributed by atoms with Crippen LogP contribution in [-0.4, -0.2) is 54.3 Å². The number of methoxy groups -OCH3 is 2. The van der Waals surface area contributed by atoms with Gasteiger partial charge in [-0.1, -0.05) is 31.7 Å². The fourth-order valence-corrected chi connectivity index (χ4v) is 3.67. The van der Waals surface area contributed by atoms with Crippen molar-refractivity contribution in [3.8, 4) is 11.5 Å². The van der Waals surface area contributed by atoms with E-state index >= 15 is 0 Å². The van der Waals surface area contributed by atoms with Gasteiger partial charge in [0, 0.05) is 26.1 Å². The summed E-state index contributed by atoms with van der Waals surface area (Å²) >= 11 is 1.65. The van der Waals surface area contributed by atoms with Gasteiger partial charge in [-0.15, -0.1) is 10.2 Å². The Labute approximate surface area is 190 Å². The van der Waals surface area contributed by atoms with Crippen molar-refractivity contribution in [2.45, 2.75) is 51.9 Å². The van der Waals surface area contributed by atoms with Crippen LogP contribution in [0.1, 0.15) is 38.6 Å². The van der Waals surface area contributed by atoms with E-state index in [0.29, 0.717) is 18.2 Å². The number of nitrogens with one attached hydrogen (secondary N) is 2. The molecule has 0 aliphatic rings. The van der Waals surface area contributed by atoms with Gasteiger partial charge in [-0.05, 0) is 43.2 Å². The van der Waals surface area contributed by atoms with E-state index in [9.17, 15) is 0 Å². The lowest BCUT2D eigenvalue weighted by molar-refractivity contribution is 0.354. The average Bonchev–Trinajstić information content (AvgIpc) is 3.15. The van der Waals surface area contributed by atoms with Crippen LogP contribution >= 0.6 is 11.8 Å². The number of aryl methyl sites for hydroxylation is 1. The van der Waals surface area contributed by atoms with Gasteiger partial charge in [0.05, 0.1) is 20.8 Å². The molecule has 1 aromatic carbocycles. The number of hydrogen-bond donors (Lipinski definition) is 2. The van der Waals surface area contributed by atoms with E-state index in [1.165, 1.54) is 0 Å². The molecule has 172 valence electrons. The van der Waals surface area contributed by atoms with Crippen LogP contribution in [0.3, 0.4) is 0 Å². The minimum Gasteiger partial charge on any atom is -0.493 e. The summed E-state index contributed by atoms with van der Waals surface area (Å²) in [6, 6.07) is 5.86. The quantitative estimate of drug-likeness (QED) is 0.223. The van der Waals surface area contributed by atoms with Gasteiger partial charge in [0.25, 0.3) is 0 Å². The number of rotatable bonds is 12. The molecule has 31 heavy (non-hydrogen) atoms. The number of benzene rings is 1. The van der Waals surface area contributed by atoms with Crippen LogP contribution in [0.5, 0.6) is 11.5 Å². The first-order chi connectivity index (χ1) is 15.0. The van der Waals surface area contributed by atoms with Crippen LogP contribution < -0.4 is 20.1 Å². The van der Waals surface area contributed by atoms with E-state index in [-0.39, 0.29) is 0 Å². The Morgan fingerprint density at radius 2 is 1.94 bits per heavy atom. The molecule has 0 unspecified atom stereocenters. The first-order valence-electron chi connectivity index (χ1n) is 10.7. The van der Waals surface area contributed by atoms with Crippen molar-refractivity contribution >= 4 is 17.7 Å². The number of hydrogen-bond acceptors (Lipinski definition) is 6. The van der Waals surface area contributed by atoms with Crippen LogP contribution in [0.4, 0.5) is 0 Å². The fourth-order valence-electron chi connectivity index (χ4n) is 3.15. The molecule has 0 saturated heterocycles. The Bertz CT molecular complexity index is 837. The molecule has 0 aliphatic carbocycles. The third kappa shape index (κ3) is 7.65. The highest BCUT2D eigenvalue weighted by atomic mass is 32.2. The second-order valence-corrected chi connectivity index (χ2v) is 8.30. The zero-order valence-corrected chi connectivity index (χ0v) is 20.4. The predicted octanol–water partition coefficient (Wildman–Crippen LogP) is 3.36. The molecular weight excluding hydrogens is 412 g/mol. The zero-order valence-electron chi connectivity index (χ0n) is 19.6. The van der Waals surface area contributed by atoms with Crippen molar-refractivity contribution in [1.29, 1.82) is 0 Å². The van der Waals surface area contributed by atoms with Gasteiger partial charge in [-0.25, -0.2) is 4.99 Å². The summed E-state index contributed by atoms with van der Waals surface area (Å²) in [6.07, 6.45) is 3.87. The highest BCUT2D eigenvalue weighted by Crippen LogP contribution is 2.27. The van der Waals surface area contributed by atoms with Crippen molar-refractivity contribution < 1.29 is 9.47 Å². The van der Waals surface area contributed by atoms with Gasteiger partial charge in [0.15, 0.2) is 22.6 Å². The predicted molar refractivity (Wildman–Crippen MR) is 127 cm³/mol. The molecule has 1 heterocycles. The molecule has 0 spiro atoms. The Kier molecular flexibility index (Phi) is 10.5. The Morgan fingerprint density at radius 1 is 1.16 bits per heavy atom. The van der Waals surface area contributed by atoms with Crippen molar-refractivity contribution in [3.63, 3.8) is 0 Å². The number of nitrogens with zero attached hydrogens (tertiary/aromatic N) is 4. The average molecular weight is 449 g/mol. The monoisotopic (exact) mass is 448 g/mol. The lowest BCUT2D eigenvalue weighted by atomic mass is 10.2. The zero-order chi connectivity index (χ0) is 22.6. The molecule has 0 amide bonds. The van der Waals surface area contributed by atoms with Gasteiger partial charge in [0.1, 0.15) is 5.82 Å². The summed E-state index contributed by atoms with van der Waals surface area (Å²) in [5.74, 6) is 3.83. The van der Waals surface area contributed by atoms with Crippen LogP contribution in [0, 0.1) is 5.92 Å². The summed E-state index contributed by atoms with van der Waals surface area (Å²) in [5, 5.41) is 16.4. The second kappa shape index (κ2) is 13.1. The van der Waals surface area contributed by atoms with E-state index in [1.807, 2.05) is 24.5 Å². The van der Waals surface area contributed by atoms with Crippen molar-refractivity contribution in [1.82, 2.24) is 25.4 Å². The smallest absolute Gasteiger partial charge is 0.191 e. The van der Waals surface area contributed by atoms with Gasteiger partial charge in [-0.2, -0.15) is 0 Å². The maximum Gasteiger partial charge on any atom is 0.191 e. The molecule has 1 aromatic heterocycles. The van der Waals surface area contributed by atoms with Crippen molar-refractivity contribution in [3.05, 3.63) is 29.6 Å². The molecule has 0 bridgehead atoms. The summed E-state index contributed by atoms with van der Waals surface area (Å²) in [5.41, 5.74) is 1.06. The number of aliphatic imine (C=N–C) groups is 1. The van der Waals surface area contributed by atoms with E-state index < -0.39 is 0 Å². The third-order valence-corrected chi connectivity index (χ3v) is 5.27. The Balaban J connectivity index is 1.92. The molecule has 0 atom stereocenters. The molecule has 0 radical (unpaired) electrons. The van der Waals surface area contributed by atoms with Crippen molar-refractivity contribution in [2.75, 3.05) is 33.6 Å². The summed E-state index contributed by atoms with van der Waals surface area (Å²) in [7, 11) is 3.27. The van der Waals surface area contributed by atoms with Gasteiger partial charge in [0.2, 0.25) is 0 Å². The molecule has 2 rings (SSSR count). The maximum atomic E-state index is 5.38. The number of aromatic nitrogens is 3. The normalized spacial score (nSPS) is 11.6. The highest BCUT2D eigenvalue weighted by molar-refractivity contribution is 7.98. The Hall–Kier alpha value is -2.42. The highest BCUT2D eigenvalue weighted by Gasteiger charge is 2.12. The fraction of sp³-hybridized carbons (Fsp3) is 0.591. The molecule has 0 aliphatic heterocycles. The summed E-state index contributed by atoms with van der Waals surface area (Å²) in [4.78, 5) is 4.70. The third-order valence-electron chi connectivity index (χ3n) is 4.61. The molecule has 2 N–H and O–H groups in total. The minimum atomic E-state index is 0.551. The minimum absolute atomic E-state index is 0.551. The van der Waals surface area contributed by atoms with Gasteiger partial charge < -0.3 is 24.7 Å². The van der Waals surface area contributed by atoms with Crippen molar-refractivity contribution in [2.24, 2.45) is 10.9 Å². The summed E-state index contributed by atoms with van der Waals surface area (Å²) in [6.45, 7) is 9.60. The van der Waals surface area contributed by atoms with E-state index in [2.05, 4.69) is 46.2 Å². The number of ether oxygens (including phenoxy) is 2. The molecular formula is C22H36N6O2S. The van der Waals surface area contributed by atoms with E-state index in [1.54, 1.807) is 26.0 Å². The maximum absolute atomic E-state index is 5.38. The lowest BCUT2D eigenvalue weighted by Gasteiger charge is -2.13. The summed E-state index contributed by atoms with van der Waals surface area (Å²) < 4.78 is 12.9. The first kappa shape index (κ1) is 24.8. The molecule has 2 aromatic rings. The van der Waals surface area contributed by atoms with E-state index in [4.69, 9.17) is 14.5 Å². The first-order valence-corrected chi connectivity index (χ1v) is 11.9. The van der Waals surface area contributed by atoms with Gasteiger partial charge >= 0.3 is 0 Å². The molecule has 9 heteroatoms. The number of thioether (sulfide) groups is 1. The van der Waals surface area contributed by atoms with Crippen LogP contribution in [-0.2, 0) is 19.5 Å². The van der Waals surface area contributed by atoms with E-state index in [0.717, 1.165) is 60.7 Å². The Morgan fingerprint density at radius 3 is 2.58 bits per heavy atom. The number of guanidine groups is 1. The van der Waals surface area contributed by atoms with Gasteiger partial charge in [-0.3, -0.25) is 0 Å². The molecule has 8 nitrogen and oxygen atoms in total.